The van der Waals surface area contributed by atoms with Crippen molar-refractivity contribution in [2.24, 2.45) is 0 Å². The second-order valence-corrected chi connectivity index (χ2v) is 2.27. The van der Waals surface area contributed by atoms with Crippen molar-refractivity contribution in [2.45, 2.75) is 6.18 Å². The lowest BCUT2D eigenvalue weighted by Crippen LogP contribution is -2.08. The van der Waals surface area contributed by atoms with Crippen molar-refractivity contribution in [3.05, 3.63) is 39.9 Å². The summed E-state index contributed by atoms with van der Waals surface area (Å²) < 4.78 is 36.3. The minimum Gasteiger partial charge on any atom is -0.258 e. The first-order valence-electron chi connectivity index (χ1n) is 3.23. The van der Waals surface area contributed by atoms with E-state index in [0.29, 0.717) is 6.07 Å². The van der Waals surface area contributed by atoms with Gasteiger partial charge < -0.3 is 0 Å². The Bertz CT molecular complexity index is 335. The third-order valence-corrected chi connectivity index (χ3v) is 1.41. The summed E-state index contributed by atoms with van der Waals surface area (Å²) in [7, 11) is 0. The standard InChI is InChI=1S/C7H4F3NO2/c8-7(9,10)5-3-1-2-4-6(5)11(12)13/h1-4H. The SMILES string of the molecule is O=[N+]([O-])c1ccccc1C(F)(F)F. The monoisotopic (exact) mass is 191 g/mol. The lowest BCUT2D eigenvalue weighted by atomic mass is 10.2. The molecule has 0 spiro atoms. The smallest absolute Gasteiger partial charge is 0.258 e. The van der Waals surface area contributed by atoms with Crippen LogP contribution in [0.5, 0.6) is 0 Å². The summed E-state index contributed by atoms with van der Waals surface area (Å²) in [5.74, 6) is 0. The lowest BCUT2D eigenvalue weighted by molar-refractivity contribution is -0.388. The third kappa shape index (κ3) is 1.95. The van der Waals surface area contributed by atoms with Crippen LogP contribution in [0.25, 0.3) is 0 Å². The molecular formula is C7H4F3NO2. The predicted molar refractivity (Wildman–Crippen MR) is 38.1 cm³/mol. The van der Waals surface area contributed by atoms with Gasteiger partial charge in [0.1, 0.15) is 5.56 Å². The van der Waals surface area contributed by atoms with Crippen molar-refractivity contribution < 1.29 is 18.1 Å². The molecule has 3 nitrogen and oxygen atoms in total. The highest BCUT2D eigenvalue weighted by Gasteiger charge is 2.37. The summed E-state index contributed by atoms with van der Waals surface area (Å²) in [6, 6.07) is 3.80. The summed E-state index contributed by atoms with van der Waals surface area (Å²) in [5, 5.41) is 10.2. The van der Waals surface area contributed by atoms with Gasteiger partial charge in [-0.2, -0.15) is 13.2 Å². The summed E-state index contributed by atoms with van der Waals surface area (Å²) >= 11 is 0. The van der Waals surface area contributed by atoms with Gasteiger partial charge in [-0.05, 0) is 6.07 Å². The quantitative estimate of drug-likeness (QED) is 0.505. The first-order valence-corrected chi connectivity index (χ1v) is 3.23. The van der Waals surface area contributed by atoms with Crippen LogP contribution in [0.2, 0.25) is 0 Å². The Balaban J connectivity index is 3.28. The summed E-state index contributed by atoms with van der Waals surface area (Å²) in [5.41, 5.74) is -2.14. The molecule has 0 aromatic heterocycles. The molecule has 0 amide bonds. The van der Waals surface area contributed by atoms with Gasteiger partial charge in [-0.1, -0.05) is 12.1 Å². The maximum absolute atomic E-state index is 12.1. The fourth-order valence-electron chi connectivity index (χ4n) is 0.873. The molecule has 6 heteroatoms. The normalized spacial score (nSPS) is 11.3. The van der Waals surface area contributed by atoms with Crippen LogP contribution in [0.1, 0.15) is 5.56 Å². The highest BCUT2D eigenvalue weighted by molar-refractivity contribution is 5.41. The van der Waals surface area contributed by atoms with E-state index in [9.17, 15) is 23.3 Å². The average Bonchev–Trinajstić information content (AvgIpc) is 2.03. The number of hydrogen-bond acceptors (Lipinski definition) is 2. The Morgan fingerprint density at radius 3 is 2.15 bits per heavy atom. The number of nitro benzene ring substituents is 1. The van der Waals surface area contributed by atoms with E-state index in [4.69, 9.17) is 0 Å². The molecule has 0 atom stereocenters. The molecule has 1 aromatic carbocycles. The highest BCUT2D eigenvalue weighted by atomic mass is 19.4. The number of halogens is 3. The molecule has 1 aromatic rings. The number of nitro groups is 1. The maximum atomic E-state index is 12.1. The maximum Gasteiger partial charge on any atom is 0.422 e. The Kier molecular flexibility index (Phi) is 2.22. The second-order valence-electron chi connectivity index (χ2n) is 2.27. The molecular weight excluding hydrogens is 187 g/mol. The van der Waals surface area contributed by atoms with Crippen LogP contribution in [-0.4, -0.2) is 4.92 Å². The van der Waals surface area contributed by atoms with Crippen LogP contribution < -0.4 is 0 Å². The fraction of sp³-hybridized carbons (Fsp3) is 0.143. The number of rotatable bonds is 1. The number of benzene rings is 1. The number of alkyl halides is 3. The van der Waals surface area contributed by atoms with Gasteiger partial charge in [0.15, 0.2) is 0 Å². The van der Waals surface area contributed by atoms with E-state index < -0.39 is 22.4 Å². The highest BCUT2D eigenvalue weighted by Crippen LogP contribution is 2.35. The molecule has 0 aliphatic rings. The van der Waals surface area contributed by atoms with Crippen LogP contribution in [0.4, 0.5) is 18.9 Å². The minimum absolute atomic E-state index is 0.679. The van der Waals surface area contributed by atoms with Crippen LogP contribution in [-0.2, 0) is 6.18 Å². The number of hydrogen-bond donors (Lipinski definition) is 0. The zero-order valence-electron chi connectivity index (χ0n) is 6.21. The summed E-state index contributed by atoms with van der Waals surface area (Å²) in [6.07, 6.45) is -4.68. The zero-order valence-corrected chi connectivity index (χ0v) is 6.21. The minimum atomic E-state index is -4.68. The third-order valence-electron chi connectivity index (χ3n) is 1.41. The summed E-state index contributed by atoms with van der Waals surface area (Å²) in [4.78, 5) is 9.12. The number of nitrogens with zero attached hydrogens (tertiary/aromatic N) is 1. The Labute approximate surface area is 70.9 Å². The van der Waals surface area contributed by atoms with Crippen LogP contribution in [0.3, 0.4) is 0 Å². The molecule has 0 aliphatic heterocycles. The van der Waals surface area contributed by atoms with Gasteiger partial charge in [0.25, 0.3) is 5.69 Å². The molecule has 0 saturated heterocycles. The van der Waals surface area contributed by atoms with Crippen molar-refractivity contribution in [1.29, 1.82) is 0 Å². The second kappa shape index (κ2) is 3.04. The molecule has 0 aliphatic carbocycles. The Morgan fingerprint density at radius 1 is 1.23 bits per heavy atom. The largest absolute Gasteiger partial charge is 0.422 e. The molecule has 0 heterocycles. The molecule has 13 heavy (non-hydrogen) atoms. The van der Waals surface area contributed by atoms with Gasteiger partial charge >= 0.3 is 6.18 Å². The van der Waals surface area contributed by atoms with Crippen molar-refractivity contribution in [3.8, 4) is 0 Å². The van der Waals surface area contributed by atoms with E-state index in [2.05, 4.69) is 0 Å². The van der Waals surface area contributed by atoms with Gasteiger partial charge in [-0.25, -0.2) is 0 Å². The zero-order chi connectivity index (χ0) is 10.1. The average molecular weight is 191 g/mol. The Morgan fingerprint density at radius 2 is 1.77 bits per heavy atom. The fourth-order valence-corrected chi connectivity index (χ4v) is 0.873. The van der Waals surface area contributed by atoms with E-state index in [0.717, 1.165) is 12.1 Å². The van der Waals surface area contributed by atoms with Gasteiger partial charge in [0.2, 0.25) is 0 Å². The molecule has 70 valence electrons. The van der Waals surface area contributed by atoms with E-state index in [-0.39, 0.29) is 0 Å². The van der Waals surface area contributed by atoms with Gasteiger partial charge in [0, 0.05) is 6.07 Å². The predicted octanol–water partition coefficient (Wildman–Crippen LogP) is 2.61. The molecule has 0 N–H and O–H groups in total. The van der Waals surface area contributed by atoms with E-state index in [1.165, 1.54) is 6.07 Å². The van der Waals surface area contributed by atoms with Crippen LogP contribution >= 0.6 is 0 Å². The lowest BCUT2D eigenvalue weighted by Gasteiger charge is -2.05. The molecule has 0 unspecified atom stereocenters. The van der Waals surface area contributed by atoms with Crippen molar-refractivity contribution in [3.63, 3.8) is 0 Å². The molecule has 0 fully saturated rings. The Hall–Kier alpha value is -1.59. The van der Waals surface area contributed by atoms with Crippen LogP contribution in [0.15, 0.2) is 24.3 Å². The summed E-state index contributed by atoms with van der Waals surface area (Å²) in [6.45, 7) is 0. The van der Waals surface area contributed by atoms with Gasteiger partial charge in [-0.3, -0.25) is 10.1 Å². The van der Waals surface area contributed by atoms with E-state index in [1.807, 2.05) is 0 Å². The molecule has 0 saturated carbocycles. The van der Waals surface area contributed by atoms with Crippen molar-refractivity contribution in [1.82, 2.24) is 0 Å². The van der Waals surface area contributed by atoms with E-state index >= 15 is 0 Å². The van der Waals surface area contributed by atoms with Gasteiger partial charge in [-0.15, -0.1) is 0 Å². The van der Waals surface area contributed by atoms with Crippen molar-refractivity contribution in [2.75, 3.05) is 0 Å². The first kappa shape index (κ1) is 9.50. The molecule has 1 rings (SSSR count). The molecule has 0 radical (unpaired) electrons. The number of para-hydroxylation sites is 1. The first-order chi connectivity index (χ1) is 5.93. The van der Waals surface area contributed by atoms with Crippen LogP contribution in [0, 0.1) is 10.1 Å². The van der Waals surface area contributed by atoms with Crippen molar-refractivity contribution >= 4 is 5.69 Å². The molecule has 0 bridgehead atoms. The van der Waals surface area contributed by atoms with Gasteiger partial charge in [0.05, 0.1) is 4.92 Å². The topological polar surface area (TPSA) is 43.1 Å². The van der Waals surface area contributed by atoms with E-state index in [1.54, 1.807) is 0 Å².